The molecule has 1 heterocycles. The van der Waals surface area contributed by atoms with Crippen molar-refractivity contribution >= 4 is 11.3 Å². The van der Waals surface area contributed by atoms with Gasteiger partial charge in [-0.2, -0.15) is 0 Å². The van der Waals surface area contributed by atoms with Gasteiger partial charge in [-0.15, -0.1) is 23.7 Å². The zero-order valence-electron chi connectivity index (χ0n) is 10.8. The van der Waals surface area contributed by atoms with Crippen molar-refractivity contribution in [2.24, 2.45) is 0 Å². The van der Waals surface area contributed by atoms with E-state index in [0.29, 0.717) is 6.04 Å². The van der Waals surface area contributed by atoms with Crippen molar-refractivity contribution in [3.8, 4) is 12.3 Å². The number of thiazole rings is 1. The predicted molar refractivity (Wildman–Crippen MR) is 75.3 cm³/mol. The molecule has 2 nitrogen and oxygen atoms in total. The Balaban J connectivity index is 2.42. The van der Waals surface area contributed by atoms with Crippen LogP contribution in [-0.4, -0.2) is 17.6 Å². The number of rotatable bonds is 8. The highest BCUT2D eigenvalue weighted by molar-refractivity contribution is 7.09. The smallest absolute Gasteiger partial charge is 0.0897 e. The van der Waals surface area contributed by atoms with E-state index in [2.05, 4.69) is 35.4 Å². The van der Waals surface area contributed by atoms with E-state index < -0.39 is 0 Å². The molecule has 0 bridgehead atoms. The molecule has 0 saturated carbocycles. The number of hydrogen-bond donors (Lipinski definition) is 1. The number of hydrogen-bond acceptors (Lipinski definition) is 3. The highest BCUT2D eigenvalue weighted by atomic mass is 32.1. The number of nitrogens with one attached hydrogen (secondary N) is 1. The van der Waals surface area contributed by atoms with Gasteiger partial charge < -0.3 is 5.32 Å². The molecule has 0 spiro atoms. The minimum Gasteiger partial charge on any atom is -0.314 e. The Morgan fingerprint density at radius 1 is 1.59 bits per heavy atom. The summed E-state index contributed by atoms with van der Waals surface area (Å²) in [6.07, 6.45) is 10.6. The van der Waals surface area contributed by atoms with Crippen molar-refractivity contribution < 1.29 is 0 Å². The first kappa shape index (κ1) is 14.2. The van der Waals surface area contributed by atoms with Crippen molar-refractivity contribution in [2.75, 3.05) is 6.54 Å². The molecular formula is C14H22N2S. The zero-order valence-corrected chi connectivity index (χ0v) is 11.6. The lowest BCUT2D eigenvalue weighted by Crippen LogP contribution is -2.31. The van der Waals surface area contributed by atoms with E-state index in [9.17, 15) is 0 Å². The molecule has 17 heavy (non-hydrogen) atoms. The molecule has 0 amide bonds. The van der Waals surface area contributed by atoms with Crippen LogP contribution in [0, 0.1) is 19.3 Å². The molecule has 94 valence electrons. The SMILES string of the molecule is C#CCCCC(Cc1csc(C)n1)NCCC. The van der Waals surface area contributed by atoms with Gasteiger partial charge in [0.2, 0.25) is 0 Å². The largest absolute Gasteiger partial charge is 0.314 e. The molecule has 1 aromatic heterocycles. The second-order valence-corrected chi connectivity index (χ2v) is 5.37. The molecule has 3 heteroatoms. The molecule has 1 rings (SSSR count). The van der Waals surface area contributed by atoms with Crippen LogP contribution in [0.25, 0.3) is 0 Å². The lowest BCUT2D eigenvalue weighted by atomic mass is 10.0. The summed E-state index contributed by atoms with van der Waals surface area (Å²) in [5, 5.41) is 6.90. The molecule has 0 fully saturated rings. The number of nitrogens with zero attached hydrogens (tertiary/aromatic N) is 1. The summed E-state index contributed by atoms with van der Waals surface area (Å²) in [4.78, 5) is 4.53. The first-order valence-corrected chi connectivity index (χ1v) is 7.22. The maximum absolute atomic E-state index is 5.29. The van der Waals surface area contributed by atoms with E-state index in [1.54, 1.807) is 11.3 Å². The van der Waals surface area contributed by atoms with Gasteiger partial charge in [-0.25, -0.2) is 4.98 Å². The monoisotopic (exact) mass is 250 g/mol. The van der Waals surface area contributed by atoms with Gasteiger partial charge in [-0.1, -0.05) is 6.92 Å². The van der Waals surface area contributed by atoms with Crippen LogP contribution in [0.15, 0.2) is 5.38 Å². The molecule has 0 aliphatic rings. The van der Waals surface area contributed by atoms with E-state index in [0.717, 1.165) is 37.2 Å². The third-order valence-electron chi connectivity index (χ3n) is 2.68. The summed E-state index contributed by atoms with van der Waals surface area (Å²) >= 11 is 1.73. The fourth-order valence-electron chi connectivity index (χ4n) is 1.83. The Labute approximate surface area is 109 Å². The van der Waals surface area contributed by atoms with Gasteiger partial charge in [0.1, 0.15) is 0 Å². The lowest BCUT2D eigenvalue weighted by Gasteiger charge is -2.16. The van der Waals surface area contributed by atoms with Crippen LogP contribution >= 0.6 is 11.3 Å². The average molecular weight is 250 g/mol. The minimum absolute atomic E-state index is 0.518. The Morgan fingerprint density at radius 3 is 3.00 bits per heavy atom. The topological polar surface area (TPSA) is 24.9 Å². The van der Waals surface area contributed by atoms with Crippen molar-refractivity contribution in [3.05, 3.63) is 16.1 Å². The molecule has 0 saturated heterocycles. The first-order chi connectivity index (χ1) is 8.26. The van der Waals surface area contributed by atoms with Crippen molar-refractivity contribution in [1.29, 1.82) is 0 Å². The number of unbranched alkanes of at least 4 members (excludes halogenated alkanes) is 1. The Morgan fingerprint density at radius 2 is 2.41 bits per heavy atom. The number of terminal acetylenes is 1. The standard InChI is InChI=1S/C14H22N2S/c1-4-6-7-8-13(15-9-5-2)10-14-11-17-12(3)16-14/h1,11,13,15H,5-10H2,2-3H3. The molecule has 1 aromatic rings. The molecule has 0 aromatic carbocycles. The Kier molecular flexibility index (Phi) is 6.91. The minimum atomic E-state index is 0.518. The van der Waals surface area contributed by atoms with Crippen LogP contribution < -0.4 is 5.32 Å². The fraction of sp³-hybridized carbons (Fsp3) is 0.643. The summed E-state index contributed by atoms with van der Waals surface area (Å²) in [6.45, 7) is 5.32. The van der Waals surface area contributed by atoms with E-state index in [-0.39, 0.29) is 0 Å². The van der Waals surface area contributed by atoms with Crippen molar-refractivity contribution in [1.82, 2.24) is 10.3 Å². The Bertz CT molecular complexity index is 351. The Hall–Kier alpha value is -0.850. The summed E-state index contributed by atoms with van der Waals surface area (Å²) in [6, 6.07) is 0.518. The maximum atomic E-state index is 5.29. The average Bonchev–Trinajstić information content (AvgIpc) is 2.72. The summed E-state index contributed by atoms with van der Waals surface area (Å²) in [5.41, 5.74) is 1.21. The number of aryl methyl sites for hydroxylation is 1. The summed E-state index contributed by atoms with van der Waals surface area (Å²) in [7, 11) is 0. The van der Waals surface area contributed by atoms with E-state index in [1.807, 2.05) is 0 Å². The van der Waals surface area contributed by atoms with Gasteiger partial charge in [0.25, 0.3) is 0 Å². The van der Waals surface area contributed by atoms with Crippen LogP contribution in [0.5, 0.6) is 0 Å². The molecule has 1 atom stereocenters. The highest BCUT2D eigenvalue weighted by Crippen LogP contribution is 2.12. The van der Waals surface area contributed by atoms with Gasteiger partial charge in [-0.05, 0) is 32.7 Å². The molecule has 1 unspecified atom stereocenters. The molecule has 0 aliphatic carbocycles. The molecule has 1 N–H and O–H groups in total. The van der Waals surface area contributed by atoms with Gasteiger partial charge in [-0.3, -0.25) is 0 Å². The first-order valence-electron chi connectivity index (χ1n) is 6.34. The van der Waals surface area contributed by atoms with Gasteiger partial charge in [0, 0.05) is 24.3 Å². The molecule has 0 aliphatic heterocycles. The van der Waals surface area contributed by atoms with Crippen LogP contribution in [0.4, 0.5) is 0 Å². The fourth-order valence-corrected chi connectivity index (χ4v) is 2.46. The van der Waals surface area contributed by atoms with E-state index >= 15 is 0 Å². The van der Waals surface area contributed by atoms with E-state index in [4.69, 9.17) is 6.42 Å². The zero-order chi connectivity index (χ0) is 12.5. The van der Waals surface area contributed by atoms with Crippen molar-refractivity contribution in [3.63, 3.8) is 0 Å². The maximum Gasteiger partial charge on any atom is 0.0897 e. The highest BCUT2D eigenvalue weighted by Gasteiger charge is 2.10. The van der Waals surface area contributed by atoms with E-state index in [1.165, 1.54) is 12.1 Å². The second-order valence-electron chi connectivity index (χ2n) is 4.31. The number of aromatic nitrogens is 1. The quantitative estimate of drug-likeness (QED) is 0.566. The summed E-state index contributed by atoms with van der Waals surface area (Å²) < 4.78 is 0. The van der Waals surface area contributed by atoms with Gasteiger partial charge in [0.15, 0.2) is 0 Å². The second kappa shape index (κ2) is 8.27. The summed E-state index contributed by atoms with van der Waals surface area (Å²) in [5.74, 6) is 2.71. The van der Waals surface area contributed by atoms with Crippen LogP contribution in [0.2, 0.25) is 0 Å². The normalized spacial score (nSPS) is 12.3. The predicted octanol–water partition coefficient (Wildman–Crippen LogP) is 3.17. The molecular weight excluding hydrogens is 228 g/mol. The van der Waals surface area contributed by atoms with Crippen LogP contribution in [0.1, 0.15) is 43.3 Å². The third kappa shape index (κ3) is 5.86. The lowest BCUT2D eigenvalue weighted by molar-refractivity contribution is 0.464. The van der Waals surface area contributed by atoms with Gasteiger partial charge in [0.05, 0.1) is 10.7 Å². The van der Waals surface area contributed by atoms with Crippen LogP contribution in [0.3, 0.4) is 0 Å². The van der Waals surface area contributed by atoms with Crippen molar-refractivity contribution in [2.45, 2.75) is 52.0 Å². The van der Waals surface area contributed by atoms with Gasteiger partial charge >= 0.3 is 0 Å². The van der Waals surface area contributed by atoms with Crippen LogP contribution in [-0.2, 0) is 6.42 Å². The third-order valence-corrected chi connectivity index (χ3v) is 3.50. The molecule has 0 radical (unpaired) electrons.